The van der Waals surface area contributed by atoms with Crippen LogP contribution in [0, 0.1) is 11.6 Å². The zero-order valence-corrected chi connectivity index (χ0v) is 19.1. The van der Waals surface area contributed by atoms with E-state index in [0.717, 1.165) is 30.7 Å². The monoisotopic (exact) mass is 479 g/mol. The molecule has 0 unspecified atom stereocenters. The van der Waals surface area contributed by atoms with Gasteiger partial charge in [0, 0.05) is 43.9 Å². The number of nitrogens with zero attached hydrogens (tertiary/aromatic N) is 1. The van der Waals surface area contributed by atoms with Crippen molar-refractivity contribution in [3.05, 3.63) is 59.7 Å². The molecule has 10 heteroatoms. The highest BCUT2D eigenvalue weighted by molar-refractivity contribution is 7.91. The standard InChI is InChI=1S/C23H27F2N3O4S/c1-2-33(31,32)19-6-4-18(5-7-19)28-13-10-17(11-14-28)27-22(29)9-12-26-23(30)20-8-3-16(24)15-21(20)25/h3-8,15,17H,2,9-14H2,1H3,(H,26,30)(H,27,29). The van der Waals surface area contributed by atoms with Crippen LogP contribution in [-0.4, -0.2) is 51.7 Å². The smallest absolute Gasteiger partial charge is 0.254 e. The molecular weight excluding hydrogens is 452 g/mol. The third-order valence-corrected chi connectivity index (χ3v) is 7.36. The van der Waals surface area contributed by atoms with Gasteiger partial charge >= 0.3 is 0 Å². The van der Waals surface area contributed by atoms with Crippen molar-refractivity contribution in [1.29, 1.82) is 0 Å². The quantitative estimate of drug-likeness (QED) is 0.607. The van der Waals surface area contributed by atoms with E-state index in [2.05, 4.69) is 15.5 Å². The van der Waals surface area contributed by atoms with Gasteiger partial charge in [0.05, 0.1) is 16.2 Å². The molecule has 1 aliphatic rings. The molecule has 1 heterocycles. The Kier molecular flexibility index (Phi) is 8.01. The fourth-order valence-corrected chi connectivity index (χ4v) is 4.56. The summed E-state index contributed by atoms with van der Waals surface area (Å²) in [4.78, 5) is 26.6. The number of hydrogen-bond acceptors (Lipinski definition) is 5. The molecule has 0 radical (unpaired) electrons. The lowest BCUT2D eigenvalue weighted by Gasteiger charge is -2.34. The van der Waals surface area contributed by atoms with E-state index in [1.165, 1.54) is 0 Å². The molecule has 0 aliphatic carbocycles. The van der Waals surface area contributed by atoms with Crippen LogP contribution in [0.15, 0.2) is 47.4 Å². The van der Waals surface area contributed by atoms with Crippen LogP contribution in [0.25, 0.3) is 0 Å². The van der Waals surface area contributed by atoms with E-state index >= 15 is 0 Å². The molecule has 1 aliphatic heterocycles. The first-order valence-electron chi connectivity index (χ1n) is 10.8. The van der Waals surface area contributed by atoms with Gasteiger partial charge in [0.15, 0.2) is 9.84 Å². The lowest BCUT2D eigenvalue weighted by atomic mass is 10.0. The number of nitrogens with one attached hydrogen (secondary N) is 2. The van der Waals surface area contributed by atoms with Crippen molar-refractivity contribution in [3.8, 4) is 0 Å². The van der Waals surface area contributed by atoms with Crippen LogP contribution in [0.1, 0.15) is 36.5 Å². The summed E-state index contributed by atoms with van der Waals surface area (Å²) in [6.07, 6.45) is 1.50. The normalized spacial score (nSPS) is 14.7. The summed E-state index contributed by atoms with van der Waals surface area (Å²) in [5, 5.41) is 5.40. The van der Waals surface area contributed by atoms with Crippen molar-refractivity contribution in [2.24, 2.45) is 0 Å². The van der Waals surface area contributed by atoms with Gasteiger partial charge in [-0.25, -0.2) is 17.2 Å². The molecule has 0 aromatic heterocycles. The summed E-state index contributed by atoms with van der Waals surface area (Å²) < 4.78 is 50.4. The summed E-state index contributed by atoms with van der Waals surface area (Å²) in [7, 11) is -3.23. The third-order valence-electron chi connectivity index (χ3n) is 5.61. The molecule has 3 rings (SSSR count). The highest BCUT2D eigenvalue weighted by Gasteiger charge is 2.21. The molecule has 2 amide bonds. The highest BCUT2D eigenvalue weighted by Crippen LogP contribution is 2.22. The average Bonchev–Trinajstić information content (AvgIpc) is 2.79. The minimum Gasteiger partial charge on any atom is -0.371 e. The molecule has 2 aromatic rings. The van der Waals surface area contributed by atoms with Crippen molar-refractivity contribution >= 4 is 27.3 Å². The predicted octanol–water partition coefficient (Wildman–Crippen LogP) is 2.66. The number of sulfone groups is 1. The molecule has 0 saturated carbocycles. The first-order valence-corrected chi connectivity index (χ1v) is 12.4. The van der Waals surface area contributed by atoms with Crippen LogP contribution in [0.3, 0.4) is 0 Å². The Morgan fingerprint density at radius 1 is 1.06 bits per heavy atom. The van der Waals surface area contributed by atoms with Gasteiger partial charge in [0.2, 0.25) is 5.91 Å². The Balaban J connectivity index is 1.40. The van der Waals surface area contributed by atoms with Crippen LogP contribution in [0.4, 0.5) is 14.5 Å². The topological polar surface area (TPSA) is 95.6 Å². The van der Waals surface area contributed by atoms with Gasteiger partial charge in [-0.15, -0.1) is 0 Å². The lowest BCUT2D eigenvalue weighted by molar-refractivity contribution is -0.121. The van der Waals surface area contributed by atoms with Crippen LogP contribution < -0.4 is 15.5 Å². The number of carbonyl (C=O) groups excluding carboxylic acids is 2. The summed E-state index contributed by atoms with van der Waals surface area (Å²) in [5.41, 5.74) is 0.662. The molecule has 178 valence electrons. The molecular formula is C23H27F2N3O4S. The molecule has 0 spiro atoms. The molecule has 0 bridgehead atoms. The molecule has 7 nitrogen and oxygen atoms in total. The van der Waals surface area contributed by atoms with Crippen LogP contribution in [0.2, 0.25) is 0 Å². The number of rotatable bonds is 8. The summed E-state index contributed by atoms with van der Waals surface area (Å²) in [5.74, 6) is -2.58. The number of benzene rings is 2. The van der Waals surface area contributed by atoms with E-state index in [-0.39, 0.29) is 36.2 Å². The Hall–Kier alpha value is -3.01. The van der Waals surface area contributed by atoms with Crippen LogP contribution in [0.5, 0.6) is 0 Å². The molecule has 0 atom stereocenters. The van der Waals surface area contributed by atoms with E-state index in [1.54, 1.807) is 31.2 Å². The van der Waals surface area contributed by atoms with E-state index < -0.39 is 27.4 Å². The highest BCUT2D eigenvalue weighted by atomic mass is 32.2. The molecule has 1 fully saturated rings. The van der Waals surface area contributed by atoms with Crippen molar-refractivity contribution < 1.29 is 26.8 Å². The number of carbonyl (C=O) groups is 2. The average molecular weight is 480 g/mol. The van der Waals surface area contributed by atoms with Gasteiger partial charge in [-0.2, -0.15) is 0 Å². The van der Waals surface area contributed by atoms with Crippen molar-refractivity contribution in [2.45, 2.75) is 37.1 Å². The molecule has 2 aromatic carbocycles. The zero-order chi connectivity index (χ0) is 24.0. The number of anilines is 1. The fraction of sp³-hybridized carbons (Fsp3) is 0.391. The lowest BCUT2D eigenvalue weighted by Crippen LogP contribution is -2.45. The predicted molar refractivity (Wildman–Crippen MR) is 121 cm³/mol. The van der Waals surface area contributed by atoms with Crippen molar-refractivity contribution in [3.63, 3.8) is 0 Å². The second-order valence-corrected chi connectivity index (χ2v) is 10.1. The maximum absolute atomic E-state index is 13.6. The number of halogens is 2. The van der Waals surface area contributed by atoms with Gasteiger partial charge < -0.3 is 15.5 Å². The second-order valence-electron chi connectivity index (χ2n) is 7.86. The number of piperidine rings is 1. The SMILES string of the molecule is CCS(=O)(=O)c1ccc(N2CCC(NC(=O)CCNC(=O)c3ccc(F)cc3F)CC2)cc1. The maximum Gasteiger partial charge on any atom is 0.254 e. The molecule has 1 saturated heterocycles. The Bertz CT molecular complexity index is 1100. The van der Waals surface area contributed by atoms with Gasteiger partial charge in [-0.3, -0.25) is 9.59 Å². The second kappa shape index (κ2) is 10.7. The van der Waals surface area contributed by atoms with E-state index in [0.29, 0.717) is 24.1 Å². The largest absolute Gasteiger partial charge is 0.371 e. The number of amides is 2. The van der Waals surface area contributed by atoms with Gasteiger partial charge in [-0.1, -0.05) is 6.92 Å². The van der Waals surface area contributed by atoms with E-state index in [9.17, 15) is 26.8 Å². The Labute approximate surface area is 192 Å². The Morgan fingerprint density at radius 3 is 2.33 bits per heavy atom. The van der Waals surface area contributed by atoms with Crippen molar-refractivity contribution in [2.75, 3.05) is 30.3 Å². The Morgan fingerprint density at radius 2 is 1.73 bits per heavy atom. The third kappa shape index (κ3) is 6.50. The van der Waals surface area contributed by atoms with Crippen LogP contribution >= 0.6 is 0 Å². The summed E-state index contributed by atoms with van der Waals surface area (Å²) >= 11 is 0. The first kappa shape index (κ1) is 24.6. The van der Waals surface area contributed by atoms with Gasteiger partial charge in [-0.05, 0) is 49.2 Å². The first-order chi connectivity index (χ1) is 15.7. The molecule has 33 heavy (non-hydrogen) atoms. The van der Waals surface area contributed by atoms with E-state index in [1.807, 2.05) is 0 Å². The van der Waals surface area contributed by atoms with Gasteiger partial charge in [0.1, 0.15) is 11.6 Å². The fourth-order valence-electron chi connectivity index (χ4n) is 3.67. The minimum absolute atomic E-state index is 0.00117. The maximum atomic E-state index is 13.6. The van der Waals surface area contributed by atoms with Gasteiger partial charge in [0.25, 0.3) is 5.91 Å². The van der Waals surface area contributed by atoms with E-state index in [4.69, 9.17) is 0 Å². The molecule has 2 N–H and O–H groups in total. The summed E-state index contributed by atoms with van der Waals surface area (Å²) in [6, 6.07) is 9.53. The number of hydrogen-bond donors (Lipinski definition) is 2. The van der Waals surface area contributed by atoms with Crippen LogP contribution in [-0.2, 0) is 14.6 Å². The minimum atomic E-state index is -3.23. The summed E-state index contributed by atoms with van der Waals surface area (Å²) in [6.45, 7) is 3.08. The van der Waals surface area contributed by atoms with Crippen molar-refractivity contribution in [1.82, 2.24) is 10.6 Å². The zero-order valence-electron chi connectivity index (χ0n) is 18.3.